The van der Waals surface area contributed by atoms with Gasteiger partial charge in [-0.25, -0.2) is 4.98 Å². The zero-order chi connectivity index (χ0) is 14.5. The molecule has 0 aliphatic rings. The lowest BCUT2D eigenvalue weighted by atomic mass is 10.1. The number of hydrogen-bond acceptors (Lipinski definition) is 4. The van der Waals surface area contributed by atoms with Gasteiger partial charge >= 0.3 is 0 Å². The van der Waals surface area contributed by atoms with E-state index in [0.717, 1.165) is 40.4 Å². The van der Waals surface area contributed by atoms with E-state index >= 15 is 0 Å². The molecule has 1 aromatic carbocycles. The normalized spacial score (nSPS) is 10.3. The summed E-state index contributed by atoms with van der Waals surface area (Å²) in [4.78, 5) is 5.23. The standard InChI is InChI=1S/C16H18N2OS/c1-4-6-13-14(9-17)20-15(18-13)10-19-16-11(2)7-5-8-12(16)3/h5,7-8H,4,6,10H2,1-3H3. The lowest BCUT2D eigenvalue weighted by Crippen LogP contribution is -1.99. The number of aromatic nitrogens is 1. The minimum absolute atomic E-state index is 0.425. The van der Waals surface area contributed by atoms with Crippen LogP contribution in [0.2, 0.25) is 0 Å². The van der Waals surface area contributed by atoms with Crippen LogP contribution in [0, 0.1) is 25.2 Å². The van der Waals surface area contributed by atoms with Crippen molar-refractivity contribution in [3.05, 3.63) is 44.9 Å². The second kappa shape index (κ2) is 6.53. The second-order valence-corrected chi connectivity index (χ2v) is 5.84. The van der Waals surface area contributed by atoms with E-state index < -0.39 is 0 Å². The van der Waals surface area contributed by atoms with Gasteiger partial charge in [-0.15, -0.1) is 11.3 Å². The zero-order valence-corrected chi connectivity index (χ0v) is 12.9. The van der Waals surface area contributed by atoms with Crippen molar-refractivity contribution in [2.24, 2.45) is 0 Å². The third kappa shape index (κ3) is 3.17. The van der Waals surface area contributed by atoms with Crippen LogP contribution in [-0.2, 0) is 13.0 Å². The highest BCUT2D eigenvalue weighted by Gasteiger charge is 2.11. The fourth-order valence-electron chi connectivity index (χ4n) is 2.12. The average molecular weight is 286 g/mol. The molecule has 20 heavy (non-hydrogen) atoms. The summed E-state index contributed by atoms with van der Waals surface area (Å²) in [6, 6.07) is 8.31. The quantitative estimate of drug-likeness (QED) is 0.829. The van der Waals surface area contributed by atoms with Gasteiger partial charge in [-0.1, -0.05) is 31.5 Å². The first kappa shape index (κ1) is 14.5. The third-order valence-electron chi connectivity index (χ3n) is 3.08. The van der Waals surface area contributed by atoms with Gasteiger partial charge in [0.15, 0.2) is 0 Å². The fraction of sp³-hybridized carbons (Fsp3) is 0.375. The van der Waals surface area contributed by atoms with Gasteiger partial charge in [0.05, 0.1) is 5.69 Å². The van der Waals surface area contributed by atoms with E-state index in [1.54, 1.807) is 0 Å². The topological polar surface area (TPSA) is 45.9 Å². The van der Waals surface area contributed by atoms with Gasteiger partial charge in [-0.2, -0.15) is 5.26 Å². The Hall–Kier alpha value is -1.86. The predicted octanol–water partition coefficient (Wildman–Crippen LogP) is 4.16. The Morgan fingerprint density at radius 1 is 1.30 bits per heavy atom. The van der Waals surface area contributed by atoms with Crippen LogP contribution in [0.25, 0.3) is 0 Å². The molecular weight excluding hydrogens is 268 g/mol. The molecule has 2 rings (SSSR count). The van der Waals surface area contributed by atoms with Gasteiger partial charge in [0.25, 0.3) is 0 Å². The number of nitriles is 1. The van der Waals surface area contributed by atoms with E-state index in [4.69, 9.17) is 10.00 Å². The Kier molecular flexibility index (Phi) is 4.75. The molecule has 104 valence electrons. The van der Waals surface area contributed by atoms with Crippen molar-refractivity contribution < 1.29 is 4.74 Å². The molecule has 0 radical (unpaired) electrons. The summed E-state index contributed by atoms with van der Waals surface area (Å²) in [6.45, 7) is 6.59. The van der Waals surface area contributed by atoms with E-state index in [1.165, 1.54) is 11.3 Å². The molecule has 0 unspecified atom stereocenters. The molecule has 0 amide bonds. The molecule has 0 spiro atoms. The summed E-state index contributed by atoms with van der Waals surface area (Å²) in [5.74, 6) is 0.915. The number of thiazole rings is 1. The summed E-state index contributed by atoms with van der Waals surface area (Å²) in [5, 5.41) is 9.98. The molecule has 0 aliphatic heterocycles. The van der Waals surface area contributed by atoms with Crippen molar-refractivity contribution >= 4 is 11.3 Å². The van der Waals surface area contributed by atoms with E-state index in [-0.39, 0.29) is 0 Å². The lowest BCUT2D eigenvalue weighted by molar-refractivity contribution is 0.301. The third-order valence-corrected chi connectivity index (χ3v) is 4.05. The second-order valence-electron chi connectivity index (χ2n) is 4.75. The molecule has 1 aromatic heterocycles. The van der Waals surface area contributed by atoms with Gasteiger partial charge in [-0.3, -0.25) is 0 Å². The van der Waals surface area contributed by atoms with E-state index in [2.05, 4.69) is 18.0 Å². The zero-order valence-electron chi connectivity index (χ0n) is 12.1. The molecule has 2 aromatic rings. The van der Waals surface area contributed by atoms with Crippen LogP contribution in [0.15, 0.2) is 18.2 Å². The van der Waals surface area contributed by atoms with Crippen LogP contribution in [0.4, 0.5) is 0 Å². The summed E-state index contributed by atoms with van der Waals surface area (Å²) in [6.07, 6.45) is 1.85. The van der Waals surface area contributed by atoms with Crippen LogP contribution in [-0.4, -0.2) is 4.98 Å². The van der Waals surface area contributed by atoms with Crippen LogP contribution in [0.5, 0.6) is 5.75 Å². The van der Waals surface area contributed by atoms with Crippen molar-refractivity contribution in [1.82, 2.24) is 4.98 Å². The first-order chi connectivity index (χ1) is 9.65. The molecule has 0 saturated carbocycles. The van der Waals surface area contributed by atoms with E-state index in [0.29, 0.717) is 11.5 Å². The molecule has 0 bridgehead atoms. The van der Waals surface area contributed by atoms with Gasteiger partial charge in [0, 0.05) is 0 Å². The molecule has 0 N–H and O–H groups in total. The number of para-hydroxylation sites is 1. The number of aryl methyl sites for hydroxylation is 3. The van der Waals surface area contributed by atoms with E-state index in [9.17, 15) is 0 Å². The lowest BCUT2D eigenvalue weighted by Gasteiger charge is -2.10. The monoisotopic (exact) mass is 286 g/mol. The van der Waals surface area contributed by atoms with Crippen LogP contribution in [0.3, 0.4) is 0 Å². The summed E-state index contributed by atoms with van der Waals surface area (Å²) < 4.78 is 5.88. The maximum atomic E-state index is 9.11. The average Bonchev–Trinajstić information content (AvgIpc) is 2.81. The summed E-state index contributed by atoms with van der Waals surface area (Å²) >= 11 is 1.43. The Labute approximate surface area is 123 Å². The molecule has 4 heteroatoms. The number of ether oxygens (including phenoxy) is 1. The molecule has 0 saturated heterocycles. The highest BCUT2D eigenvalue weighted by atomic mass is 32.1. The summed E-state index contributed by atoms with van der Waals surface area (Å²) in [7, 11) is 0. The number of benzene rings is 1. The summed E-state index contributed by atoms with van der Waals surface area (Å²) in [5.41, 5.74) is 3.15. The highest BCUT2D eigenvalue weighted by molar-refractivity contribution is 7.12. The number of rotatable bonds is 5. The minimum atomic E-state index is 0.425. The van der Waals surface area contributed by atoms with Crippen molar-refractivity contribution in [3.63, 3.8) is 0 Å². The fourth-order valence-corrected chi connectivity index (χ4v) is 2.94. The molecule has 0 aliphatic carbocycles. The Bertz CT molecular complexity index is 620. The SMILES string of the molecule is CCCc1nc(COc2c(C)cccc2C)sc1C#N. The van der Waals surface area contributed by atoms with Crippen LogP contribution >= 0.6 is 11.3 Å². The van der Waals surface area contributed by atoms with Gasteiger partial charge in [-0.05, 0) is 31.4 Å². The van der Waals surface area contributed by atoms with Crippen molar-refractivity contribution in [1.29, 1.82) is 5.26 Å². The maximum Gasteiger partial charge on any atom is 0.140 e. The first-order valence-corrected chi connectivity index (χ1v) is 7.55. The maximum absolute atomic E-state index is 9.11. The van der Waals surface area contributed by atoms with Crippen molar-refractivity contribution in [2.45, 2.75) is 40.2 Å². The Morgan fingerprint density at radius 2 is 2.00 bits per heavy atom. The molecule has 0 fully saturated rings. The van der Waals surface area contributed by atoms with Crippen molar-refractivity contribution in [2.75, 3.05) is 0 Å². The van der Waals surface area contributed by atoms with Gasteiger partial charge < -0.3 is 4.74 Å². The largest absolute Gasteiger partial charge is 0.486 e. The highest BCUT2D eigenvalue weighted by Crippen LogP contribution is 2.25. The number of hydrogen-bond donors (Lipinski definition) is 0. The van der Waals surface area contributed by atoms with Crippen molar-refractivity contribution in [3.8, 4) is 11.8 Å². The molecule has 0 atom stereocenters. The van der Waals surface area contributed by atoms with E-state index in [1.807, 2.05) is 32.0 Å². The first-order valence-electron chi connectivity index (χ1n) is 6.73. The van der Waals surface area contributed by atoms with Crippen LogP contribution < -0.4 is 4.74 Å². The van der Waals surface area contributed by atoms with Gasteiger partial charge in [0.1, 0.15) is 28.3 Å². The minimum Gasteiger partial charge on any atom is -0.486 e. The molecule has 3 nitrogen and oxygen atoms in total. The predicted molar refractivity (Wildman–Crippen MR) is 81.1 cm³/mol. The molecule has 1 heterocycles. The molecular formula is C16H18N2OS. The smallest absolute Gasteiger partial charge is 0.140 e. The van der Waals surface area contributed by atoms with Crippen LogP contribution in [0.1, 0.15) is 40.1 Å². The number of nitrogens with zero attached hydrogens (tertiary/aromatic N) is 2. The Balaban J connectivity index is 2.13. The van der Waals surface area contributed by atoms with Gasteiger partial charge in [0.2, 0.25) is 0 Å². The Morgan fingerprint density at radius 3 is 2.60 bits per heavy atom.